The van der Waals surface area contributed by atoms with Crippen LogP contribution in [-0.2, 0) is 6.42 Å². The number of rotatable bonds is 2. The van der Waals surface area contributed by atoms with E-state index >= 15 is 0 Å². The zero-order valence-electron chi connectivity index (χ0n) is 9.44. The lowest BCUT2D eigenvalue weighted by atomic mass is 10.1. The average Bonchev–Trinajstić information content (AvgIpc) is 2.30. The number of phenolic OH excluding ortho intramolecular Hbond substituents is 1. The second kappa shape index (κ2) is 4.31. The molecule has 1 heterocycles. The van der Waals surface area contributed by atoms with Gasteiger partial charge in [-0.1, -0.05) is 25.1 Å². The number of hydrogen-bond donors (Lipinski definition) is 1. The first-order valence-electron chi connectivity index (χ1n) is 5.33. The number of aromatic hydroxyl groups is 1. The minimum atomic E-state index is 0.262. The Labute approximate surface area is 94.8 Å². The highest BCUT2D eigenvalue weighted by Gasteiger charge is 2.08. The van der Waals surface area contributed by atoms with Crippen molar-refractivity contribution < 1.29 is 5.11 Å². The molecule has 0 aliphatic heterocycles. The van der Waals surface area contributed by atoms with Crippen LogP contribution < -0.4 is 0 Å². The molecule has 0 fully saturated rings. The SMILES string of the molecule is CCc1ncc(-c2ccccc2O)c(C)n1. The van der Waals surface area contributed by atoms with E-state index in [-0.39, 0.29) is 5.75 Å². The molecule has 3 heteroatoms. The van der Waals surface area contributed by atoms with Crippen LogP contribution in [0.15, 0.2) is 30.5 Å². The summed E-state index contributed by atoms with van der Waals surface area (Å²) in [6.45, 7) is 3.96. The third kappa shape index (κ3) is 1.89. The molecule has 16 heavy (non-hydrogen) atoms. The second-order valence-corrected chi connectivity index (χ2v) is 3.66. The van der Waals surface area contributed by atoms with Gasteiger partial charge >= 0.3 is 0 Å². The van der Waals surface area contributed by atoms with Gasteiger partial charge in [-0.25, -0.2) is 9.97 Å². The van der Waals surface area contributed by atoms with E-state index < -0.39 is 0 Å². The average molecular weight is 214 g/mol. The van der Waals surface area contributed by atoms with Crippen molar-refractivity contribution in [3.63, 3.8) is 0 Å². The summed E-state index contributed by atoms with van der Waals surface area (Å²) >= 11 is 0. The summed E-state index contributed by atoms with van der Waals surface area (Å²) in [5.74, 6) is 1.09. The molecule has 2 aromatic rings. The molecule has 0 saturated heterocycles. The van der Waals surface area contributed by atoms with Crippen LogP contribution in [0.25, 0.3) is 11.1 Å². The lowest BCUT2D eigenvalue weighted by Crippen LogP contribution is -1.97. The Morgan fingerprint density at radius 2 is 1.94 bits per heavy atom. The van der Waals surface area contributed by atoms with Gasteiger partial charge in [0.05, 0.1) is 0 Å². The summed E-state index contributed by atoms with van der Waals surface area (Å²) < 4.78 is 0. The molecule has 82 valence electrons. The molecule has 3 nitrogen and oxygen atoms in total. The van der Waals surface area contributed by atoms with Gasteiger partial charge in [-0.05, 0) is 13.0 Å². The van der Waals surface area contributed by atoms with Crippen molar-refractivity contribution in [2.75, 3.05) is 0 Å². The van der Waals surface area contributed by atoms with E-state index in [4.69, 9.17) is 0 Å². The Balaban J connectivity index is 2.53. The van der Waals surface area contributed by atoms with Crippen molar-refractivity contribution in [1.29, 1.82) is 0 Å². The van der Waals surface area contributed by atoms with Crippen molar-refractivity contribution in [3.8, 4) is 16.9 Å². The number of hydrogen-bond acceptors (Lipinski definition) is 3. The van der Waals surface area contributed by atoms with Gasteiger partial charge in [0.1, 0.15) is 11.6 Å². The second-order valence-electron chi connectivity index (χ2n) is 3.66. The Hall–Kier alpha value is -1.90. The van der Waals surface area contributed by atoms with Gasteiger partial charge in [-0.2, -0.15) is 0 Å². The summed E-state index contributed by atoms with van der Waals surface area (Å²) in [6.07, 6.45) is 2.60. The number of para-hydroxylation sites is 1. The molecule has 0 aliphatic rings. The standard InChI is InChI=1S/C13H14N2O/c1-3-13-14-8-11(9(2)15-13)10-6-4-5-7-12(10)16/h4-8,16H,3H2,1-2H3. The summed E-state index contributed by atoms with van der Waals surface area (Å²) in [5, 5.41) is 9.76. The molecular formula is C13H14N2O. The Morgan fingerprint density at radius 3 is 2.56 bits per heavy atom. The van der Waals surface area contributed by atoms with Crippen LogP contribution in [-0.4, -0.2) is 15.1 Å². The predicted octanol–water partition coefficient (Wildman–Crippen LogP) is 2.72. The number of phenols is 1. The molecule has 0 bridgehead atoms. The maximum atomic E-state index is 9.76. The number of nitrogens with zero attached hydrogens (tertiary/aromatic N) is 2. The van der Waals surface area contributed by atoms with Crippen LogP contribution in [0.5, 0.6) is 5.75 Å². The zero-order chi connectivity index (χ0) is 11.5. The minimum Gasteiger partial charge on any atom is -0.507 e. The number of benzene rings is 1. The largest absolute Gasteiger partial charge is 0.507 e. The lowest BCUT2D eigenvalue weighted by Gasteiger charge is -2.07. The number of aromatic nitrogens is 2. The van der Waals surface area contributed by atoms with E-state index in [1.807, 2.05) is 26.0 Å². The molecule has 1 aromatic carbocycles. The molecule has 0 spiro atoms. The quantitative estimate of drug-likeness (QED) is 0.836. The third-order valence-corrected chi connectivity index (χ3v) is 2.54. The van der Waals surface area contributed by atoms with Crippen LogP contribution >= 0.6 is 0 Å². The maximum Gasteiger partial charge on any atom is 0.128 e. The minimum absolute atomic E-state index is 0.262. The fourth-order valence-corrected chi connectivity index (χ4v) is 1.65. The molecule has 0 aliphatic carbocycles. The van der Waals surface area contributed by atoms with Gasteiger partial charge in [-0.3, -0.25) is 0 Å². The Bertz CT molecular complexity index is 509. The highest BCUT2D eigenvalue weighted by molar-refractivity contribution is 5.70. The fraction of sp³-hybridized carbons (Fsp3) is 0.231. The van der Waals surface area contributed by atoms with Crippen LogP contribution in [0, 0.1) is 6.92 Å². The van der Waals surface area contributed by atoms with Gasteiger partial charge in [0.2, 0.25) is 0 Å². The Kier molecular flexibility index (Phi) is 2.86. The van der Waals surface area contributed by atoms with Crippen LogP contribution in [0.4, 0.5) is 0 Å². The molecule has 1 aromatic heterocycles. The summed E-state index contributed by atoms with van der Waals surface area (Å²) in [5.41, 5.74) is 2.56. The van der Waals surface area contributed by atoms with Gasteiger partial charge in [-0.15, -0.1) is 0 Å². The summed E-state index contributed by atoms with van der Waals surface area (Å²) in [6, 6.07) is 7.23. The van der Waals surface area contributed by atoms with Crippen molar-refractivity contribution in [3.05, 3.63) is 42.0 Å². The molecular weight excluding hydrogens is 200 g/mol. The van der Waals surface area contributed by atoms with Crippen LogP contribution in [0.2, 0.25) is 0 Å². The smallest absolute Gasteiger partial charge is 0.128 e. The van der Waals surface area contributed by atoms with Gasteiger partial charge in [0.15, 0.2) is 0 Å². The van der Waals surface area contributed by atoms with Gasteiger partial charge in [0, 0.05) is 29.4 Å². The molecule has 2 rings (SSSR count). The van der Waals surface area contributed by atoms with E-state index in [0.29, 0.717) is 0 Å². The van der Waals surface area contributed by atoms with Crippen LogP contribution in [0.1, 0.15) is 18.4 Å². The monoisotopic (exact) mass is 214 g/mol. The van der Waals surface area contributed by atoms with Crippen molar-refractivity contribution in [2.24, 2.45) is 0 Å². The molecule has 0 unspecified atom stereocenters. The van der Waals surface area contributed by atoms with Crippen molar-refractivity contribution >= 4 is 0 Å². The van der Waals surface area contributed by atoms with E-state index in [1.165, 1.54) is 0 Å². The predicted molar refractivity (Wildman–Crippen MR) is 63.2 cm³/mol. The van der Waals surface area contributed by atoms with E-state index in [1.54, 1.807) is 18.3 Å². The van der Waals surface area contributed by atoms with E-state index in [9.17, 15) is 5.11 Å². The highest BCUT2D eigenvalue weighted by atomic mass is 16.3. The van der Waals surface area contributed by atoms with Gasteiger partial charge in [0.25, 0.3) is 0 Å². The van der Waals surface area contributed by atoms with E-state index in [2.05, 4.69) is 9.97 Å². The fourth-order valence-electron chi connectivity index (χ4n) is 1.65. The first-order chi connectivity index (χ1) is 7.72. The molecule has 0 radical (unpaired) electrons. The molecule has 0 amide bonds. The first kappa shape index (κ1) is 10.6. The molecule has 1 N–H and O–H groups in total. The zero-order valence-corrected chi connectivity index (χ0v) is 9.44. The van der Waals surface area contributed by atoms with Gasteiger partial charge < -0.3 is 5.11 Å². The topological polar surface area (TPSA) is 46.0 Å². The lowest BCUT2D eigenvalue weighted by molar-refractivity contribution is 0.477. The highest BCUT2D eigenvalue weighted by Crippen LogP contribution is 2.29. The van der Waals surface area contributed by atoms with Crippen molar-refractivity contribution in [2.45, 2.75) is 20.3 Å². The third-order valence-electron chi connectivity index (χ3n) is 2.54. The van der Waals surface area contributed by atoms with Crippen molar-refractivity contribution in [1.82, 2.24) is 9.97 Å². The Morgan fingerprint density at radius 1 is 1.19 bits per heavy atom. The first-order valence-corrected chi connectivity index (χ1v) is 5.33. The maximum absolute atomic E-state index is 9.76. The molecule has 0 saturated carbocycles. The number of aryl methyl sites for hydroxylation is 2. The van der Waals surface area contributed by atoms with E-state index in [0.717, 1.165) is 29.1 Å². The normalized spacial score (nSPS) is 10.4. The molecule has 0 atom stereocenters. The van der Waals surface area contributed by atoms with Crippen LogP contribution in [0.3, 0.4) is 0 Å². The summed E-state index contributed by atoms with van der Waals surface area (Å²) in [7, 11) is 0. The summed E-state index contributed by atoms with van der Waals surface area (Å²) in [4.78, 5) is 8.64.